The van der Waals surface area contributed by atoms with Gasteiger partial charge in [0.25, 0.3) is 0 Å². The molecule has 0 radical (unpaired) electrons. The van der Waals surface area contributed by atoms with Crippen molar-refractivity contribution in [2.24, 2.45) is 22.7 Å². The molecule has 0 aliphatic heterocycles. The highest BCUT2D eigenvalue weighted by molar-refractivity contribution is 5.41. The SMILES string of the molecule is C[C@H]1C[C@]23CC[C@@]1(O)[C@@]2(C)CC[C@@H]1c2ccc(O)cc2CC[C@H]13. The van der Waals surface area contributed by atoms with Crippen LogP contribution < -0.4 is 0 Å². The van der Waals surface area contributed by atoms with E-state index in [1.807, 2.05) is 12.1 Å². The molecule has 0 aromatic heterocycles. The third kappa shape index (κ3) is 1.42. The minimum atomic E-state index is -0.423. The quantitative estimate of drug-likeness (QED) is 0.746. The zero-order valence-corrected chi connectivity index (χ0v) is 14.3. The van der Waals surface area contributed by atoms with Crippen LogP contribution in [0.25, 0.3) is 0 Å². The molecule has 3 saturated carbocycles. The van der Waals surface area contributed by atoms with Gasteiger partial charge in [-0.1, -0.05) is 19.9 Å². The topological polar surface area (TPSA) is 40.5 Å². The molecular formula is C21H28O2. The minimum Gasteiger partial charge on any atom is -0.508 e. The minimum absolute atomic E-state index is 0.120. The number of aryl methyl sites for hydroxylation is 1. The van der Waals surface area contributed by atoms with Gasteiger partial charge in [0, 0.05) is 5.41 Å². The van der Waals surface area contributed by atoms with Crippen LogP contribution in [-0.4, -0.2) is 15.8 Å². The van der Waals surface area contributed by atoms with Gasteiger partial charge in [0.15, 0.2) is 0 Å². The van der Waals surface area contributed by atoms with Gasteiger partial charge in [-0.25, -0.2) is 0 Å². The van der Waals surface area contributed by atoms with E-state index < -0.39 is 5.60 Å². The summed E-state index contributed by atoms with van der Waals surface area (Å²) >= 11 is 0. The van der Waals surface area contributed by atoms with Crippen LogP contribution in [0.2, 0.25) is 0 Å². The van der Waals surface area contributed by atoms with E-state index in [0.29, 0.717) is 23.0 Å². The first-order valence-electron chi connectivity index (χ1n) is 9.45. The molecule has 0 amide bonds. The Labute approximate surface area is 138 Å². The van der Waals surface area contributed by atoms with Crippen LogP contribution in [0.4, 0.5) is 0 Å². The lowest BCUT2D eigenvalue weighted by atomic mass is 9.48. The summed E-state index contributed by atoms with van der Waals surface area (Å²) in [5, 5.41) is 21.3. The molecule has 4 aliphatic rings. The molecule has 1 aromatic carbocycles. The van der Waals surface area contributed by atoms with Gasteiger partial charge in [-0.3, -0.25) is 0 Å². The summed E-state index contributed by atoms with van der Waals surface area (Å²) in [7, 11) is 0. The molecule has 0 heterocycles. The molecule has 0 saturated heterocycles. The van der Waals surface area contributed by atoms with Crippen LogP contribution in [0.15, 0.2) is 18.2 Å². The number of hydrogen-bond acceptors (Lipinski definition) is 2. The van der Waals surface area contributed by atoms with Gasteiger partial charge in [0.1, 0.15) is 5.75 Å². The summed E-state index contributed by atoms with van der Waals surface area (Å²) in [6.45, 7) is 4.69. The molecule has 2 heteroatoms. The lowest BCUT2D eigenvalue weighted by Crippen LogP contribution is -2.52. The molecular weight excluding hydrogens is 284 g/mol. The Bertz CT molecular complexity index is 682. The summed E-state index contributed by atoms with van der Waals surface area (Å²) in [6, 6.07) is 6.04. The number of aliphatic hydroxyl groups is 1. The molecule has 3 fully saturated rings. The number of phenolic OH excluding ortho intramolecular Hbond substituents is 1. The standard InChI is InChI=1S/C21H28O2/c1-13-12-20-9-10-21(13,23)19(20,2)8-7-17-16-5-4-15(22)11-14(16)3-6-18(17)20/h4-5,11,13,17-18,22-23H,3,6-10,12H2,1-2H3/t13-,17+,18+,19-,20-,21-/m0/s1. The van der Waals surface area contributed by atoms with Crippen molar-refractivity contribution < 1.29 is 10.2 Å². The number of fused-ring (bicyclic) bond motifs is 3. The predicted octanol–water partition coefficient (Wildman–Crippen LogP) is 4.39. The maximum atomic E-state index is 11.4. The molecule has 2 nitrogen and oxygen atoms in total. The van der Waals surface area contributed by atoms with Crippen molar-refractivity contribution in [1.29, 1.82) is 0 Å². The summed E-state index contributed by atoms with van der Waals surface area (Å²) in [5.74, 6) is 2.21. The molecule has 6 atom stereocenters. The van der Waals surface area contributed by atoms with E-state index in [1.54, 1.807) is 0 Å². The highest BCUT2D eigenvalue weighted by Crippen LogP contribution is 2.78. The van der Waals surface area contributed by atoms with Gasteiger partial charge in [-0.05, 0) is 91.4 Å². The van der Waals surface area contributed by atoms with Gasteiger partial charge in [-0.15, -0.1) is 0 Å². The van der Waals surface area contributed by atoms with Crippen molar-refractivity contribution in [2.45, 2.75) is 70.3 Å². The van der Waals surface area contributed by atoms with E-state index in [9.17, 15) is 10.2 Å². The van der Waals surface area contributed by atoms with Crippen molar-refractivity contribution in [3.63, 3.8) is 0 Å². The Balaban J connectivity index is 1.63. The average Bonchev–Trinajstić information content (AvgIpc) is 2.86. The highest BCUT2D eigenvalue weighted by atomic mass is 16.3. The van der Waals surface area contributed by atoms with E-state index in [4.69, 9.17) is 0 Å². The molecule has 5 rings (SSSR count). The van der Waals surface area contributed by atoms with E-state index in [1.165, 1.54) is 36.8 Å². The smallest absolute Gasteiger partial charge is 0.115 e. The third-order valence-corrected chi connectivity index (χ3v) is 8.89. The lowest BCUT2D eigenvalue weighted by molar-refractivity contribution is -0.110. The molecule has 2 bridgehead atoms. The summed E-state index contributed by atoms with van der Waals surface area (Å²) in [4.78, 5) is 0. The Hall–Kier alpha value is -1.02. The fourth-order valence-corrected chi connectivity index (χ4v) is 7.80. The number of benzene rings is 1. The molecule has 0 unspecified atom stereocenters. The van der Waals surface area contributed by atoms with Gasteiger partial charge >= 0.3 is 0 Å². The largest absolute Gasteiger partial charge is 0.508 e. The van der Waals surface area contributed by atoms with Crippen LogP contribution in [0.3, 0.4) is 0 Å². The van der Waals surface area contributed by atoms with E-state index in [0.717, 1.165) is 25.2 Å². The second-order valence-corrected chi connectivity index (χ2v) is 9.19. The van der Waals surface area contributed by atoms with E-state index >= 15 is 0 Å². The number of rotatable bonds is 0. The second-order valence-electron chi connectivity index (χ2n) is 9.19. The fourth-order valence-electron chi connectivity index (χ4n) is 7.80. The monoisotopic (exact) mass is 312 g/mol. The maximum Gasteiger partial charge on any atom is 0.115 e. The zero-order valence-electron chi connectivity index (χ0n) is 14.3. The van der Waals surface area contributed by atoms with Crippen molar-refractivity contribution in [1.82, 2.24) is 0 Å². The molecule has 23 heavy (non-hydrogen) atoms. The van der Waals surface area contributed by atoms with E-state index in [2.05, 4.69) is 19.9 Å². The van der Waals surface area contributed by atoms with Crippen LogP contribution >= 0.6 is 0 Å². The first-order valence-corrected chi connectivity index (χ1v) is 9.45. The second kappa shape index (κ2) is 4.14. The number of aromatic hydroxyl groups is 1. The molecule has 4 aliphatic carbocycles. The van der Waals surface area contributed by atoms with Gasteiger partial charge in [0.05, 0.1) is 5.60 Å². The van der Waals surface area contributed by atoms with Crippen molar-refractivity contribution >= 4 is 0 Å². The van der Waals surface area contributed by atoms with Crippen LogP contribution in [0.5, 0.6) is 5.75 Å². The fraction of sp³-hybridized carbons (Fsp3) is 0.714. The van der Waals surface area contributed by atoms with Gasteiger partial charge in [0.2, 0.25) is 0 Å². The number of phenols is 1. The normalized spacial score (nSPS) is 50.3. The Morgan fingerprint density at radius 2 is 1.96 bits per heavy atom. The average molecular weight is 312 g/mol. The first kappa shape index (κ1) is 14.3. The molecule has 1 aromatic rings. The third-order valence-electron chi connectivity index (χ3n) is 8.89. The van der Waals surface area contributed by atoms with E-state index in [-0.39, 0.29) is 5.41 Å². The van der Waals surface area contributed by atoms with Crippen LogP contribution in [0.1, 0.15) is 69.4 Å². The number of hydrogen-bond donors (Lipinski definition) is 2. The van der Waals surface area contributed by atoms with Crippen molar-refractivity contribution in [3.05, 3.63) is 29.3 Å². The molecule has 0 spiro atoms. The van der Waals surface area contributed by atoms with Crippen molar-refractivity contribution in [3.8, 4) is 5.75 Å². The lowest BCUT2D eigenvalue weighted by Gasteiger charge is -2.56. The predicted molar refractivity (Wildman–Crippen MR) is 90.4 cm³/mol. The molecule has 2 N–H and O–H groups in total. The highest BCUT2D eigenvalue weighted by Gasteiger charge is 2.75. The van der Waals surface area contributed by atoms with Crippen LogP contribution in [0, 0.1) is 22.7 Å². The van der Waals surface area contributed by atoms with Crippen molar-refractivity contribution in [2.75, 3.05) is 0 Å². The Kier molecular flexibility index (Phi) is 2.58. The zero-order chi connectivity index (χ0) is 16.0. The summed E-state index contributed by atoms with van der Waals surface area (Å²) in [6.07, 6.45) is 8.14. The Morgan fingerprint density at radius 3 is 2.74 bits per heavy atom. The molecule has 124 valence electrons. The Morgan fingerprint density at radius 1 is 1.13 bits per heavy atom. The van der Waals surface area contributed by atoms with Crippen LogP contribution in [-0.2, 0) is 6.42 Å². The summed E-state index contributed by atoms with van der Waals surface area (Å²) < 4.78 is 0. The first-order chi connectivity index (χ1) is 10.9. The summed E-state index contributed by atoms with van der Waals surface area (Å²) in [5.41, 5.74) is 2.90. The van der Waals surface area contributed by atoms with Gasteiger partial charge in [-0.2, -0.15) is 0 Å². The maximum absolute atomic E-state index is 11.4. The van der Waals surface area contributed by atoms with Gasteiger partial charge < -0.3 is 10.2 Å².